The van der Waals surface area contributed by atoms with Crippen molar-refractivity contribution in [3.05, 3.63) is 0 Å². The summed E-state index contributed by atoms with van der Waals surface area (Å²) in [4.78, 5) is 24.8. The minimum Gasteiger partial charge on any atom is -0.465 e. The van der Waals surface area contributed by atoms with E-state index in [-0.39, 0.29) is 5.91 Å². The Morgan fingerprint density at radius 1 is 1.40 bits per heavy atom. The number of hydrogen-bond acceptors (Lipinski definition) is 4. The summed E-state index contributed by atoms with van der Waals surface area (Å²) in [6, 6.07) is 0. The molecule has 1 heterocycles. The van der Waals surface area contributed by atoms with Crippen LogP contribution in [-0.2, 0) is 19.1 Å². The molecule has 0 aromatic rings. The second-order valence-corrected chi connectivity index (χ2v) is 3.48. The van der Waals surface area contributed by atoms with E-state index >= 15 is 0 Å². The first-order valence-corrected chi connectivity index (χ1v) is 5.06. The molecule has 1 aliphatic heterocycles. The maximum absolute atomic E-state index is 11.7. The van der Waals surface area contributed by atoms with E-state index in [0.29, 0.717) is 19.4 Å². The van der Waals surface area contributed by atoms with E-state index in [1.807, 2.05) is 0 Å². The smallest absolute Gasteiger partial charge is 0.359 e. The lowest BCUT2D eigenvalue weighted by Gasteiger charge is -2.34. The van der Waals surface area contributed by atoms with Crippen LogP contribution in [0.3, 0.4) is 0 Å². The first-order valence-electron chi connectivity index (χ1n) is 5.06. The van der Waals surface area contributed by atoms with Crippen LogP contribution < -0.4 is 0 Å². The average Bonchev–Trinajstić information content (AvgIpc) is 2.71. The molecule has 0 N–H and O–H groups in total. The third-order valence-corrected chi connectivity index (χ3v) is 2.78. The molecular weight excluding hydrogens is 198 g/mol. The molecule has 0 saturated carbocycles. The number of esters is 1. The highest BCUT2D eigenvalue weighted by Gasteiger charge is 2.50. The Morgan fingerprint density at radius 3 is 2.53 bits per heavy atom. The number of methoxy groups -OCH3 is 2. The largest absolute Gasteiger partial charge is 0.465 e. The number of carbonyl (C=O) groups excluding carboxylic acids is 2. The summed E-state index contributed by atoms with van der Waals surface area (Å²) in [6.45, 7) is 2.31. The normalized spacial score (nSPS) is 25.4. The van der Waals surface area contributed by atoms with E-state index < -0.39 is 11.7 Å². The van der Waals surface area contributed by atoms with Crippen LogP contribution in [0.5, 0.6) is 0 Å². The minimum atomic E-state index is -1.19. The first-order chi connectivity index (χ1) is 7.12. The highest BCUT2D eigenvalue weighted by atomic mass is 16.6. The average molecular weight is 215 g/mol. The van der Waals surface area contributed by atoms with Crippen molar-refractivity contribution in [3.63, 3.8) is 0 Å². The number of nitrogens with zero attached hydrogens (tertiary/aromatic N) is 1. The molecule has 86 valence electrons. The van der Waals surface area contributed by atoms with Crippen molar-refractivity contribution >= 4 is 11.9 Å². The third kappa shape index (κ3) is 1.84. The van der Waals surface area contributed by atoms with Crippen LogP contribution in [0.2, 0.25) is 0 Å². The molecule has 0 bridgehead atoms. The maximum atomic E-state index is 11.7. The molecule has 15 heavy (non-hydrogen) atoms. The van der Waals surface area contributed by atoms with Crippen LogP contribution in [0.15, 0.2) is 0 Å². The van der Waals surface area contributed by atoms with Crippen molar-refractivity contribution in [2.75, 3.05) is 20.8 Å². The molecule has 5 nitrogen and oxygen atoms in total. The van der Waals surface area contributed by atoms with Crippen LogP contribution >= 0.6 is 0 Å². The highest BCUT2D eigenvalue weighted by molar-refractivity contribution is 5.87. The number of rotatable bonds is 3. The van der Waals surface area contributed by atoms with Crippen molar-refractivity contribution in [1.82, 2.24) is 4.90 Å². The molecule has 5 heteroatoms. The molecule has 1 saturated heterocycles. The van der Waals surface area contributed by atoms with Gasteiger partial charge in [0, 0.05) is 26.5 Å². The zero-order chi connectivity index (χ0) is 11.5. The van der Waals surface area contributed by atoms with Crippen LogP contribution in [0.1, 0.15) is 26.2 Å². The van der Waals surface area contributed by atoms with E-state index in [4.69, 9.17) is 9.47 Å². The summed E-state index contributed by atoms with van der Waals surface area (Å²) in [5.74, 6) is -0.580. The fourth-order valence-electron chi connectivity index (χ4n) is 1.98. The quantitative estimate of drug-likeness (QED) is 0.644. The Labute approximate surface area is 89.3 Å². The van der Waals surface area contributed by atoms with Crippen molar-refractivity contribution in [3.8, 4) is 0 Å². The summed E-state index contributed by atoms with van der Waals surface area (Å²) < 4.78 is 9.91. The summed E-state index contributed by atoms with van der Waals surface area (Å²) >= 11 is 0. The molecule has 0 aromatic heterocycles. The molecule has 1 fully saturated rings. The molecule has 1 atom stereocenters. The van der Waals surface area contributed by atoms with Crippen molar-refractivity contribution in [2.45, 2.75) is 31.9 Å². The van der Waals surface area contributed by atoms with Crippen molar-refractivity contribution in [2.24, 2.45) is 0 Å². The number of amides is 1. The second kappa shape index (κ2) is 4.61. The van der Waals surface area contributed by atoms with Gasteiger partial charge in [-0.25, -0.2) is 4.79 Å². The summed E-state index contributed by atoms with van der Waals surface area (Å²) in [5, 5.41) is 0. The van der Waals surface area contributed by atoms with E-state index in [9.17, 15) is 9.59 Å². The molecule has 0 aliphatic carbocycles. The third-order valence-electron chi connectivity index (χ3n) is 2.78. The fraction of sp³-hybridized carbons (Fsp3) is 0.800. The van der Waals surface area contributed by atoms with Gasteiger partial charge in [0.1, 0.15) is 0 Å². The predicted octanol–water partition coefficient (Wildman–Crippen LogP) is 0.534. The number of ether oxygens (including phenoxy) is 2. The van der Waals surface area contributed by atoms with E-state index in [1.54, 1.807) is 6.92 Å². The SMILES string of the molecule is CCC(=O)N1CCC[C@@]1(OC)C(=O)OC. The Bertz CT molecular complexity index is 266. The summed E-state index contributed by atoms with van der Waals surface area (Å²) in [6.07, 6.45) is 1.62. The topological polar surface area (TPSA) is 55.8 Å². The molecule has 0 radical (unpaired) electrons. The van der Waals surface area contributed by atoms with E-state index in [2.05, 4.69) is 0 Å². The Balaban J connectivity index is 2.96. The lowest BCUT2D eigenvalue weighted by molar-refractivity contribution is -0.191. The van der Waals surface area contributed by atoms with Gasteiger partial charge in [-0.3, -0.25) is 4.79 Å². The zero-order valence-corrected chi connectivity index (χ0v) is 9.41. The maximum Gasteiger partial charge on any atom is 0.359 e. The van der Waals surface area contributed by atoms with Crippen LogP contribution in [-0.4, -0.2) is 43.3 Å². The van der Waals surface area contributed by atoms with E-state index in [0.717, 1.165) is 6.42 Å². The predicted molar refractivity (Wildman–Crippen MR) is 53.0 cm³/mol. The fourth-order valence-corrected chi connectivity index (χ4v) is 1.98. The monoisotopic (exact) mass is 215 g/mol. The Kier molecular flexibility index (Phi) is 3.68. The molecule has 0 unspecified atom stereocenters. The van der Waals surface area contributed by atoms with Crippen LogP contribution in [0, 0.1) is 0 Å². The van der Waals surface area contributed by atoms with Gasteiger partial charge in [0.25, 0.3) is 0 Å². The molecular formula is C10H17NO4. The first kappa shape index (κ1) is 12.0. The van der Waals surface area contributed by atoms with Gasteiger partial charge in [-0.1, -0.05) is 6.92 Å². The Morgan fingerprint density at radius 2 is 2.07 bits per heavy atom. The van der Waals surface area contributed by atoms with Gasteiger partial charge in [0.05, 0.1) is 7.11 Å². The number of hydrogen-bond donors (Lipinski definition) is 0. The van der Waals surface area contributed by atoms with Gasteiger partial charge in [-0.05, 0) is 6.42 Å². The van der Waals surface area contributed by atoms with Gasteiger partial charge >= 0.3 is 5.97 Å². The molecule has 1 amide bonds. The molecule has 1 aliphatic rings. The molecule has 0 aromatic carbocycles. The van der Waals surface area contributed by atoms with Gasteiger partial charge in [-0.15, -0.1) is 0 Å². The van der Waals surface area contributed by atoms with E-state index in [1.165, 1.54) is 19.1 Å². The molecule has 1 rings (SSSR count). The minimum absolute atomic E-state index is 0.0836. The van der Waals surface area contributed by atoms with Crippen molar-refractivity contribution in [1.29, 1.82) is 0 Å². The van der Waals surface area contributed by atoms with Gasteiger partial charge in [-0.2, -0.15) is 0 Å². The van der Waals surface area contributed by atoms with Crippen molar-refractivity contribution < 1.29 is 19.1 Å². The van der Waals surface area contributed by atoms with Gasteiger partial charge < -0.3 is 14.4 Å². The lowest BCUT2D eigenvalue weighted by atomic mass is 10.1. The summed E-state index contributed by atoms with van der Waals surface area (Å²) in [7, 11) is 2.73. The highest BCUT2D eigenvalue weighted by Crippen LogP contribution is 2.31. The van der Waals surface area contributed by atoms with Gasteiger partial charge in [0.15, 0.2) is 0 Å². The molecule has 0 spiro atoms. The Hall–Kier alpha value is -1.10. The number of carbonyl (C=O) groups is 2. The van der Waals surface area contributed by atoms with Crippen LogP contribution in [0.4, 0.5) is 0 Å². The summed E-state index contributed by atoms with van der Waals surface area (Å²) in [5.41, 5.74) is -1.19. The standard InChI is InChI=1S/C10H17NO4/c1-4-8(12)11-7-5-6-10(11,15-3)9(13)14-2/h4-7H2,1-3H3/t10-/m1/s1. The second-order valence-electron chi connectivity index (χ2n) is 3.48. The van der Waals surface area contributed by atoms with Gasteiger partial charge in [0.2, 0.25) is 11.6 Å². The number of likely N-dealkylation sites (tertiary alicyclic amines) is 1. The zero-order valence-electron chi connectivity index (χ0n) is 9.41. The lowest BCUT2D eigenvalue weighted by Crippen LogP contribution is -2.54. The van der Waals surface area contributed by atoms with Crippen LogP contribution in [0.25, 0.3) is 0 Å².